The van der Waals surface area contributed by atoms with Gasteiger partial charge in [-0.25, -0.2) is 9.67 Å². The second-order valence-electron chi connectivity index (χ2n) is 5.10. The molecule has 21 heavy (non-hydrogen) atoms. The van der Waals surface area contributed by atoms with Crippen LogP contribution < -0.4 is 5.32 Å². The summed E-state index contributed by atoms with van der Waals surface area (Å²) in [6.07, 6.45) is 5.42. The van der Waals surface area contributed by atoms with Crippen molar-refractivity contribution in [3.05, 3.63) is 71.7 Å². The van der Waals surface area contributed by atoms with Gasteiger partial charge in [-0.2, -0.15) is 5.10 Å². The van der Waals surface area contributed by atoms with Gasteiger partial charge in [0, 0.05) is 25.1 Å². The van der Waals surface area contributed by atoms with Gasteiger partial charge in [-0.05, 0) is 48.7 Å². The molecule has 4 heteroatoms. The Kier molecular flexibility index (Phi) is 3.69. The minimum Gasteiger partial charge on any atom is -0.378 e. The summed E-state index contributed by atoms with van der Waals surface area (Å²) in [5.74, 6) is 0.811. The summed E-state index contributed by atoms with van der Waals surface area (Å²) in [6.45, 7) is 5.03. The van der Waals surface area contributed by atoms with Crippen molar-refractivity contribution in [2.75, 3.05) is 5.32 Å². The van der Waals surface area contributed by atoms with E-state index in [-0.39, 0.29) is 0 Å². The Balaban J connectivity index is 1.81. The Bertz CT molecular complexity index is 732. The number of nitrogens with zero attached hydrogens (tertiary/aromatic N) is 3. The van der Waals surface area contributed by atoms with Gasteiger partial charge in [-0.3, -0.25) is 0 Å². The van der Waals surface area contributed by atoms with Crippen LogP contribution in [0.1, 0.15) is 16.7 Å². The minimum atomic E-state index is 0.765. The SMILES string of the molecule is Cc1ccc(CNc2cccnc2-n2cccn2)cc1C. The van der Waals surface area contributed by atoms with Crippen LogP contribution in [-0.4, -0.2) is 14.8 Å². The van der Waals surface area contributed by atoms with Crippen molar-refractivity contribution in [3.63, 3.8) is 0 Å². The third kappa shape index (κ3) is 2.94. The summed E-state index contributed by atoms with van der Waals surface area (Å²) in [5.41, 5.74) is 4.86. The normalized spacial score (nSPS) is 10.6. The van der Waals surface area contributed by atoms with E-state index in [1.165, 1.54) is 16.7 Å². The Morgan fingerprint density at radius 2 is 1.95 bits per heavy atom. The summed E-state index contributed by atoms with van der Waals surface area (Å²) in [6, 6.07) is 12.4. The lowest BCUT2D eigenvalue weighted by Crippen LogP contribution is -2.06. The Hall–Kier alpha value is -2.62. The van der Waals surface area contributed by atoms with Crippen LogP contribution >= 0.6 is 0 Å². The zero-order chi connectivity index (χ0) is 14.7. The molecule has 0 aliphatic rings. The number of hydrogen-bond acceptors (Lipinski definition) is 3. The molecular formula is C17H18N4. The van der Waals surface area contributed by atoms with E-state index in [2.05, 4.69) is 47.4 Å². The topological polar surface area (TPSA) is 42.7 Å². The maximum absolute atomic E-state index is 4.40. The molecule has 3 aromatic rings. The van der Waals surface area contributed by atoms with Crippen molar-refractivity contribution in [1.29, 1.82) is 0 Å². The highest BCUT2D eigenvalue weighted by atomic mass is 15.3. The standard InChI is InChI=1S/C17H18N4/c1-13-6-7-15(11-14(13)2)12-19-16-5-3-8-18-17(16)21-10-4-9-20-21/h3-11,19H,12H2,1-2H3. The van der Waals surface area contributed by atoms with E-state index in [9.17, 15) is 0 Å². The van der Waals surface area contributed by atoms with Crippen molar-refractivity contribution in [2.24, 2.45) is 0 Å². The number of hydrogen-bond donors (Lipinski definition) is 1. The Morgan fingerprint density at radius 1 is 1.05 bits per heavy atom. The molecule has 2 aromatic heterocycles. The van der Waals surface area contributed by atoms with Gasteiger partial charge in [0.15, 0.2) is 5.82 Å². The molecule has 1 aromatic carbocycles. The molecule has 0 fully saturated rings. The first-order chi connectivity index (χ1) is 10.2. The summed E-state index contributed by atoms with van der Waals surface area (Å²) in [4.78, 5) is 4.40. The Morgan fingerprint density at radius 3 is 2.71 bits per heavy atom. The number of rotatable bonds is 4. The molecule has 3 rings (SSSR count). The lowest BCUT2D eigenvalue weighted by atomic mass is 10.1. The van der Waals surface area contributed by atoms with E-state index in [1.807, 2.05) is 24.4 Å². The van der Waals surface area contributed by atoms with Crippen molar-refractivity contribution >= 4 is 5.69 Å². The zero-order valence-electron chi connectivity index (χ0n) is 12.2. The fourth-order valence-electron chi connectivity index (χ4n) is 2.22. The van der Waals surface area contributed by atoms with Crippen LogP contribution in [0.2, 0.25) is 0 Å². The first-order valence-electron chi connectivity index (χ1n) is 6.99. The van der Waals surface area contributed by atoms with Crippen LogP contribution in [-0.2, 0) is 6.54 Å². The first-order valence-corrected chi connectivity index (χ1v) is 6.99. The van der Waals surface area contributed by atoms with Crippen LogP contribution in [0.15, 0.2) is 55.0 Å². The summed E-state index contributed by atoms with van der Waals surface area (Å²) >= 11 is 0. The van der Waals surface area contributed by atoms with Crippen molar-refractivity contribution < 1.29 is 0 Å². The van der Waals surface area contributed by atoms with E-state index in [1.54, 1.807) is 17.1 Å². The fourth-order valence-corrected chi connectivity index (χ4v) is 2.22. The van der Waals surface area contributed by atoms with E-state index < -0.39 is 0 Å². The molecule has 0 aliphatic heterocycles. The molecular weight excluding hydrogens is 260 g/mol. The molecule has 0 atom stereocenters. The number of anilines is 1. The first kappa shape index (κ1) is 13.4. The maximum atomic E-state index is 4.40. The number of pyridine rings is 1. The quantitative estimate of drug-likeness (QED) is 0.794. The van der Waals surface area contributed by atoms with Gasteiger partial charge in [0.25, 0.3) is 0 Å². The summed E-state index contributed by atoms with van der Waals surface area (Å²) in [7, 11) is 0. The lowest BCUT2D eigenvalue weighted by molar-refractivity contribution is 0.846. The van der Waals surface area contributed by atoms with Gasteiger partial charge in [0.05, 0.1) is 5.69 Å². The van der Waals surface area contributed by atoms with Gasteiger partial charge in [-0.1, -0.05) is 18.2 Å². The van der Waals surface area contributed by atoms with E-state index in [4.69, 9.17) is 0 Å². The molecule has 4 nitrogen and oxygen atoms in total. The molecule has 0 radical (unpaired) electrons. The second kappa shape index (κ2) is 5.79. The molecule has 0 bridgehead atoms. The smallest absolute Gasteiger partial charge is 0.176 e. The number of nitrogens with one attached hydrogen (secondary N) is 1. The highest BCUT2D eigenvalue weighted by Gasteiger charge is 2.05. The van der Waals surface area contributed by atoms with Crippen LogP contribution in [0, 0.1) is 13.8 Å². The predicted molar refractivity (Wildman–Crippen MR) is 84.6 cm³/mol. The third-order valence-electron chi connectivity index (χ3n) is 3.56. The van der Waals surface area contributed by atoms with Crippen LogP contribution in [0.25, 0.3) is 5.82 Å². The van der Waals surface area contributed by atoms with Gasteiger partial charge in [0.2, 0.25) is 0 Å². The largest absolute Gasteiger partial charge is 0.378 e. The maximum Gasteiger partial charge on any atom is 0.176 e. The molecule has 0 amide bonds. The number of aryl methyl sites for hydroxylation is 2. The molecule has 1 N–H and O–H groups in total. The van der Waals surface area contributed by atoms with Crippen molar-refractivity contribution in [1.82, 2.24) is 14.8 Å². The second-order valence-corrected chi connectivity index (χ2v) is 5.10. The average molecular weight is 278 g/mol. The van der Waals surface area contributed by atoms with Crippen LogP contribution in [0.5, 0.6) is 0 Å². The summed E-state index contributed by atoms with van der Waals surface area (Å²) < 4.78 is 1.77. The zero-order valence-corrected chi connectivity index (χ0v) is 12.2. The minimum absolute atomic E-state index is 0.765. The molecule has 0 saturated carbocycles. The monoisotopic (exact) mass is 278 g/mol. The van der Waals surface area contributed by atoms with Gasteiger partial charge < -0.3 is 5.32 Å². The molecule has 0 spiro atoms. The molecule has 0 aliphatic carbocycles. The van der Waals surface area contributed by atoms with Gasteiger partial charge in [0.1, 0.15) is 0 Å². The van der Waals surface area contributed by atoms with E-state index in [0.717, 1.165) is 18.1 Å². The molecule has 2 heterocycles. The highest BCUT2D eigenvalue weighted by Crippen LogP contribution is 2.18. The summed E-state index contributed by atoms with van der Waals surface area (Å²) in [5, 5.41) is 7.68. The predicted octanol–water partition coefficient (Wildman–Crippen LogP) is 3.50. The van der Waals surface area contributed by atoms with Crippen molar-refractivity contribution in [3.8, 4) is 5.82 Å². The fraction of sp³-hybridized carbons (Fsp3) is 0.176. The average Bonchev–Trinajstić information content (AvgIpc) is 3.03. The van der Waals surface area contributed by atoms with E-state index >= 15 is 0 Å². The van der Waals surface area contributed by atoms with E-state index in [0.29, 0.717) is 0 Å². The molecule has 0 saturated heterocycles. The lowest BCUT2D eigenvalue weighted by Gasteiger charge is -2.12. The van der Waals surface area contributed by atoms with Gasteiger partial charge >= 0.3 is 0 Å². The number of aromatic nitrogens is 3. The highest BCUT2D eigenvalue weighted by molar-refractivity contribution is 5.56. The molecule has 106 valence electrons. The van der Waals surface area contributed by atoms with Gasteiger partial charge in [-0.15, -0.1) is 0 Å². The van der Waals surface area contributed by atoms with Crippen LogP contribution in [0.3, 0.4) is 0 Å². The van der Waals surface area contributed by atoms with Crippen LogP contribution in [0.4, 0.5) is 5.69 Å². The van der Waals surface area contributed by atoms with Crippen molar-refractivity contribution in [2.45, 2.75) is 20.4 Å². The Labute approximate surface area is 124 Å². The number of benzene rings is 1. The molecule has 0 unspecified atom stereocenters. The third-order valence-corrected chi connectivity index (χ3v) is 3.56.